The van der Waals surface area contributed by atoms with E-state index in [1.165, 1.54) is 0 Å². The fourth-order valence-corrected chi connectivity index (χ4v) is 1.63. The van der Waals surface area contributed by atoms with Crippen LogP contribution in [0, 0.1) is 6.92 Å². The van der Waals surface area contributed by atoms with Crippen LogP contribution in [0.3, 0.4) is 0 Å². The van der Waals surface area contributed by atoms with E-state index < -0.39 is 0 Å². The summed E-state index contributed by atoms with van der Waals surface area (Å²) in [7, 11) is 0. The van der Waals surface area contributed by atoms with Gasteiger partial charge in [-0.05, 0) is 27.2 Å². The highest BCUT2D eigenvalue weighted by Gasteiger charge is 2.07. The molecular weight excluding hydrogens is 228 g/mol. The van der Waals surface area contributed by atoms with Crippen molar-refractivity contribution >= 4 is 11.6 Å². The lowest BCUT2D eigenvalue weighted by molar-refractivity contribution is 0.0855. The van der Waals surface area contributed by atoms with Crippen molar-refractivity contribution in [2.75, 3.05) is 30.3 Å². The van der Waals surface area contributed by atoms with Gasteiger partial charge in [-0.3, -0.25) is 0 Å². The van der Waals surface area contributed by atoms with E-state index in [4.69, 9.17) is 4.74 Å². The van der Waals surface area contributed by atoms with E-state index in [1.807, 2.05) is 20.8 Å². The number of hydrogen-bond donors (Lipinski definition) is 2. The molecule has 0 aliphatic rings. The van der Waals surface area contributed by atoms with Crippen LogP contribution in [-0.2, 0) is 4.74 Å². The lowest BCUT2D eigenvalue weighted by atomic mass is 10.3. The van der Waals surface area contributed by atoms with Gasteiger partial charge in [0.2, 0.25) is 0 Å². The van der Waals surface area contributed by atoms with Gasteiger partial charge in [0.05, 0.1) is 6.10 Å². The van der Waals surface area contributed by atoms with Gasteiger partial charge in [0.1, 0.15) is 18.0 Å². The number of hydrogen-bond acceptors (Lipinski definition) is 5. The summed E-state index contributed by atoms with van der Waals surface area (Å²) in [6, 6.07) is 0. The van der Waals surface area contributed by atoms with Gasteiger partial charge in [-0.15, -0.1) is 0 Å². The molecule has 0 fully saturated rings. The van der Waals surface area contributed by atoms with Crippen molar-refractivity contribution in [3.63, 3.8) is 0 Å². The Morgan fingerprint density at radius 2 is 1.89 bits per heavy atom. The average molecular weight is 252 g/mol. The molecule has 0 amide bonds. The molecule has 0 aromatic carbocycles. The number of rotatable bonds is 8. The molecule has 0 spiro atoms. The minimum atomic E-state index is 0.177. The van der Waals surface area contributed by atoms with Gasteiger partial charge in [0.25, 0.3) is 0 Å². The van der Waals surface area contributed by atoms with Gasteiger partial charge >= 0.3 is 0 Å². The summed E-state index contributed by atoms with van der Waals surface area (Å²) in [4.78, 5) is 8.51. The molecule has 1 aromatic rings. The number of ether oxygens (including phenoxy) is 1. The molecule has 1 aromatic heterocycles. The Balaban J connectivity index is 2.60. The lowest BCUT2D eigenvalue weighted by Crippen LogP contribution is -2.21. The molecule has 0 radical (unpaired) electrons. The first-order chi connectivity index (χ1) is 8.69. The van der Waals surface area contributed by atoms with E-state index in [0.717, 1.165) is 43.3 Å². The molecule has 1 heterocycles. The van der Waals surface area contributed by atoms with Crippen molar-refractivity contribution < 1.29 is 4.74 Å². The molecular formula is C13H24N4O. The van der Waals surface area contributed by atoms with E-state index in [9.17, 15) is 0 Å². The Morgan fingerprint density at radius 1 is 1.22 bits per heavy atom. The van der Waals surface area contributed by atoms with Crippen molar-refractivity contribution in [3.8, 4) is 0 Å². The van der Waals surface area contributed by atoms with E-state index in [1.54, 1.807) is 6.33 Å². The SMILES string of the molecule is CCCNc1ncnc(NCC(C)OCC)c1C. The molecule has 18 heavy (non-hydrogen) atoms. The van der Waals surface area contributed by atoms with Crippen molar-refractivity contribution in [3.05, 3.63) is 11.9 Å². The molecule has 0 saturated carbocycles. The third kappa shape index (κ3) is 4.49. The minimum Gasteiger partial charge on any atom is -0.377 e. The van der Waals surface area contributed by atoms with Crippen LogP contribution in [0.4, 0.5) is 11.6 Å². The molecule has 0 aliphatic heterocycles. The van der Waals surface area contributed by atoms with Crippen LogP contribution < -0.4 is 10.6 Å². The van der Waals surface area contributed by atoms with E-state index >= 15 is 0 Å². The highest BCUT2D eigenvalue weighted by Crippen LogP contribution is 2.18. The summed E-state index contributed by atoms with van der Waals surface area (Å²) in [5.74, 6) is 1.77. The quantitative estimate of drug-likeness (QED) is 0.744. The van der Waals surface area contributed by atoms with Crippen LogP contribution in [-0.4, -0.2) is 35.8 Å². The van der Waals surface area contributed by atoms with Crippen LogP contribution in [0.15, 0.2) is 6.33 Å². The van der Waals surface area contributed by atoms with Crippen LogP contribution in [0.2, 0.25) is 0 Å². The molecule has 1 rings (SSSR count). The standard InChI is InChI=1S/C13H24N4O/c1-5-7-14-12-11(4)13(17-9-16-12)15-8-10(3)18-6-2/h9-10H,5-8H2,1-4H3,(H2,14,15,16,17). The fraction of sp³-hybridized carbons (Fsp3) is 0.692. The number of aromatic nitrogens is 2. The number of anilines is 2. The monoisotopic (exact) mass is 252 g/mol. The maximum absolute atomic E-state index is 5.48. The van der Waals surface area contributed by atoms with Crippen LogP contribution in [0.1, 0.15) is 32.8 Å². The molecule has 5 heteroatoms. The molecule has 0 saturated heterocycles. The number of nitrogens with one attached hydrogen (secondary N) is 2. The summed E-state index contributed by atoms with van der Waals surface area (Å²) in [5, 5.41) is 6.59. The zero-order chi connectivity index (χ0) is 13.4. The Hall–Kier alpha value is -1.36. The Bertz CT molecular complexity index is 357. The van der Waals surface area contributed by atoms with Gasteiger partial charge in [0.15, 0.2) is 0 Å². The van der Waals surface area contributed by atoms with E-state index in [2.05, 4.69) is 27.5 Å². The highest BCUT2D eigenvalue weighted by molar-refractivity contribution is 5.56. The normalized spacial score (nSPS) is 12.2. The molecule has 5 nitrogen and oxygen atoms in total. The molecule has 1 atom stereocenters. The fourth-order valence-electron chi connectivity index (χ4n) is 1.63. The van der Waals surface area contributed by atoms with Crippen molar-refractivity contribution in [1.29, 1.82) is 0 Å². The zero-order valence-electron chi connectivity index (χ0n) is 11.8. The largest absolute Gasteiger partial charge is 0.377 e. The smallest absolute Gasteiger partial charge is 0.134 e. The third-order valence-electron chi connectivity index (χ3n) is 2.63. The van der Waals surface area contributed by atoms with Gasteiger partial charge in [-0.2, -0.15) is 0 Å². The summed E-state index contributed by atoms with van der Waals surface area (Å²) >= 11 is 0. The Labute approximate surface area is 109 Å². The zero-order valence-corrected chi connectivity index (χ0v) is 11.8. The minimum absolute atomic E-state index is 0.177. The van der Waals surface area contributed by atoms with Crippen molar-refractivity contribution in [2.45, 2.75) is 40.2 Å². The van der Waals surface area contributed by atoms with Crippen molar-refractivity contribution in [1.82, 2.24) is 9.97 Å². The second-order valence-electron chi connectivity index (χ2n) is 4.27. The lowest BCUT2D eigenvalue weighted by Gasteiger charge is -2.15. The topological polar surface area (TPSA) is 59.1 Å². The summed E-state index contributed by atoms with van der Waals surface area (Å²) < 4.78 is 5.48. The van der Waals surface area contributed by atoms with Crippen LogP contribution in [0.5, 0.6) is 0 Å². The van der Waals surface area contributed by atoms with E-state index in [-0.39, 0.29) is 6.10 Å². The molecule has 0 aliphatic carbocycles. The molecule has 102 valence electrons. The first-order valence-corrected chi connectivity index (χ1v) is 6.59. The first-order valence-electron chi connectivity index (χ1n) is 6.59. The molecule has 1 unspecified atom stereocenters. The average Bonchev–Trinajstić information content (AvgIpc) is 2.36. The predicted octanol–water partition coefficient (Wildman–Crippen LogP) is 2.44. The van der Waals surface area contributed by atoms with E-state index in [0.29, 0.717) is 0 Å². The molecule has 2 N–H and O–H groups in total. The highest BCUT2D eigenvalue weighted by atomic mass is 16.5. The van der Waals surface area contributed by atoms with Gasteiger partial charge in [0, 0.05) is 25.3 Å². The predicted molar refractivity (Wildman–Crippen MR) is 75.1 cm³/mol. The Kier molecular flexibility index (Phi) is 6.43. The second-order valence-corrected chi connectivity index (χ2v) is 4.27. The van der Waals surface area contributed by atoms with Crippen LogP contribution in [0.25, 0.3) is 0 Å². The number of nitrogens with zero attached hydrogens (tertiary/aromatic N) is 2. The summed E-state index contributed by atoms with van der Waals surface area (Å²) in [5.41, 5.74) is 1.05. The maximum Gasteiger partial charge on any atom is 0.134 e. The summed E-state index contributed by atoms with van der Waals surface area (Å²) in [6.07, 6.45) is 2.84. The van der Waals surface area contributed by atoms with Crippen molar-refractivity contribution in [2.24, 2.45) is 0 Å². The molecule has 0 bridgehead atoms. The van der Waals surface area contributed by atoms with Gasteiger partial charge < -0.3 is 15.4 Å². The van der Waals surface area contributed by atoms with Crippen LogP contribution >= 0.6 is 0 Å². The second kappa shape index (κ2) is 7.87. The first kappa shape index (κ1) is 14.7. The van der Waals surface area contributed by atoms with Gasteiger partial charge in [-0.25, -0.2) is 9.97 Å². The van der Waals surface area contributed by atoms with Gasteiger partial charge in [-0.1, -0.05) is 6.92 Å². The maximum atomic E-state index is 5.48. The third-order valence-corrected chi connectivity index (χ3v) is 2.63. The Morgan fingerprint density at radius 3 is 2.50 bits per heavy atom. The summed E-state index contributed by atoms with van der Waals surface area (Å²) in [6.45, 7) is 10.6.